The number of anilines is 2. The summed E-state index contributed by atoms with van der Waals surface area (Å²) in [5.41, 5.74) is 16.2. The van der Waals surface area contributed by atoms with E-state index in [2.05, 4.69) is 274 Å². The van der Waals surface area contributed by atoms with Crippen LogP contribution in [0.25, 0.3) is 65.7 Å². The molecule has 1 aliphatic carbocycles. The van der Waals surface area contributed by atoms with Crippen molar-refractivity contribution >= 4 is 43.7 Å². The fraction of sp³-hybridized carbons (Fsp3) is 0.224. The molecule has 0 N–H and O–H groups in total. The first-order valence-electron chi connectivity index (χ1n) is 24.6. The highest BCUT2D eigenvalue weighted by atomic mass is 15.2. The van der Waals surface area contributed by atoms with Gasteiger partial charge in [-0.25, -0.2) is 0 Å². The van der Waals surface area contributed by atoms with Crippen LogP contribution in [0.1, 0.15) is 97.4 Å². The first-order valence-corrected chi connectivity index (χ1v) is 24.6. The highest BCUT2D eigenvalue weighted by Crippen LogP contribution is 2.48. The molecule has 0 saturated heterocycles. The van der Waals surface area contributed by atoms with Gasteiger partial charge < -0.3 is 4.90 Å². The number of hydrogen-bond acceptors (Lipinski definition) is 1. The summed E-state index contributed by atoms with van der Waals surface area (Å²) in [6.45, 7) is 23.2. The maximum absolute atomic E-state index is 2.54. The van der Waals surface area contributed by atoms with E-state index >= 15 is 0 Å². The molecule has 1 heteroatoms. The Kier molecular flexibility index (Phi) is 11.4. The van der Waals surface area contributed by atoms with Gasteiger partial charge in [-0.2, -0.15) is 0 Å². The molecule has 2 unspecified atom stereocenters. The number of fused-ring (bicyclic) bond motifs is 4. The van der Waals surface area contributed by atoms with Gasteiger partial charge in [0.2, 0.25) is 0 Å². The van der Waals surface area contributed by atoms with Crippen molar-refractivity contribution in [2.24, 2.45) is 5.92 Å². The topological polar surface area (TPSA) is 3.24 Å². The van der Waals surface area contributed by atoms with Crippen molar-refractivity contribution in [2.75, 3.05) is 4.90 Å². The number of nitrogens with zero attached hydrogens (tertiary/aromatic N) is 1. The zero-order chi connectivity index (χ0) is 47.5. The Labute approximate surface area is 405 Å². The first kappa shape index (κ1) is 44.9. The van der Waals surface area contributed by atoms with E-state index in [0.717, 1.165) is 11.4 Å². The Hall–Kier alpha value is -6.96. The van der Waals surface area contributed by atoms with Gasteiger partial charge in [0, 0.05) is 22.7 Å². The molecule has 9 aromatic rings. The molecule has 0 fully saturated rings. The third-order valence-corrected chi connectivity index (χ3v) is 14.4. The van der Waals surface area contributed by atoms with Crippen LogP contribution in [0.3, 0.4) is 0 Å². The quantitative estimate of drug-likeness (QED) is 0.144. The SMILES string of the molecule is CC1C=C(N(c2ccccc2-c2ccc(C(C)(C)C)cc2)c2ccccc2-c2cccc3cccc(-c4cc(C(C)(C)C)cc(C(C)(C)C)c4)c23)C=CC1c1cccc2c1ccc1ccccc12. The van der Waals surface area contributed by atoms with E-state index < -0.39 is 0 Å². The van der Waals surface area contributed by atoms with Crippen molar-refractivity contribution in [1.29, 1.82) is 0 Å². The number of para-hydroxylation sites is 2. The highest BCUT2D eigenvalue weighted by molar-refractivity contribution is 6.10. The van der Waals surface area contributed by atoms with Crippen LogP contribution in [0, 0.1) is 5.92 Å². The van der Waals surface area contributed by atoms with Crippen molar-refractivity contribution in [1.82, 2.24) is 0 Å². The minimum Gasteiger partial charge on any atom is -0.310 e. The lowest BCUT2D eigenvalue weighted by atomic mass is 9.78. The summed E-state index contributed by atoms with van der Waals surface area (Å²) in [6.07, 6.45) is 7.37. The standard InChI is InChI=1S/C67H65N/c1-44-40-52(37-39-53(44)57-27-19-28-58-54-23-12-11-20-45(54)34-38-59(57)58)68(62-30-15-13-24-55(62)46-32-35-49(36-33-46)65(2,3)4)63-31-16-14-25-60(63)61-29-18-22-47-21-17-26-56(64(47)61)48-41-50(66(5,6)7)43-51(42-48)67(8,9)10/h11-44,53H,1-10H3. The van der Waals surface area contributed by atoms with Gasteiger partial charge in [-0.3, -0.25) is 0 Å². The Balaban J connectivity index is 1.17. The Bertz CT molecular complexity index is 3370. The van der Waals surface area contributed by atoms with E-state index in [1.54, 1.807) is 0 Å². The fourth-order valence-corrected chi connectivity index (χ4v) is 10.5. The molecule has 9 aromatic carbocycles. The molecule has 0 bridgehead atoms. The molecule has 1 nitrogen and oxygen atoms in total. The van der Waals surface area contributed by atoms with Crippen LogP contribution >= 0.6 is 0 Å². The van der Waals surface area contributed by atoms with Gasteiger partial charge in [-0.05, 0) is 117 Å². The minimum absolute atomic E-state index is 0.00362. The van der Waals surface area contributed by atoms with E-state index in [-0.39, 0.29) is 28.1 Å². The molecular formula is C67H65N. The second-order valence-corrected chi connectivity index (χ2v) is 22.3. The molecule has 0 aliphatic heterocycles. The molecule has 2 atom stereocenters. The number of hydrogen-bond donors (Lipinski definition) is 0. The van der Waals surface area contributed by atoms with Crippen LogP contribution < -0.4 is 4.90 Å². The summed E-state index contributed by atoms with van der Waals surface area (Å²) in [5, 5.41) is 7.72. The van der Waals surface area contributed by atoms with E-state index in [9.17, 15) is 0 Å². The molecule has 10 rings (SSSR count). The predicted molar refractivity (Wildman–Crippen MR) is 296 cm³/mol. The first-order chi connectivity index (χ1) is 32.5. The van der Waals surface area contributed by atoms with E-state index in [0.29, 0.717) is 0 Å². The molecular weight excluding hydrogens is 819 g/mol. The van der Waals surface area contributed by atoms with Crippen molar-refractivity contribution in [2.45, 2.75) is 91.4 Å². The summed E-state index contributed by atoms with van der Waals surface area (Å²) in [6, 6.07) is 68.6. The summed E-state index contributed by atoms with van der Waals surface area (Å²) in [4.78, 5) is 2.54. The second-order valence-electron chi connectivity index (χ2n) is 22.3. The molecule has 0 spiro atoms. The molecule has 338 valence electrons. The van der Waals surface area contributed by atoms with E-state index in [1.807, 2.05) is 0 Å². The van der Waals surface area contributed by atoms with Gasteiger partial charge in [0.15, 0.2) is 0 Å². The average Bonchev–Trinajstić information content (AvgIpc) is 3.33. The van der Waals surface area contributed by atoms with Crippen LogP contribution in [0.2, 0.25) is 0 Å². The Morgan fingerprint density at radius 1 is 0.397 bits per heavy atom. The third kappa shape index (κ3) is 8.38. The van der Waals surface area contributed by atoms with Crippen LogP contribution in [0.4, 0.5) is 11.4 Å². The van der Waals surface area contributed by atoms with Gasteiger partial charge in [-0.1, -0.05) is 251 Å². The zero-order valence-electron chi connectivity index (χ0n) is 41.7. The third-order valence-electron chi connectivity index (χ3n) is 14.4. The highest BCUT2D eigenvalue weighted by Gasteiger charge is 2.28. The van der Waals surface area contributed by atoms with Gasteiger partial charge >= 0.3 is 0 Å². The second kappa shape index (κ2) is 17.3. The Morgan fingerprint density at radius 2 is 0.941 bits per heavy atom. The van der Waals surface area contributed by atoms with Crippen LogP contribution in [-0.4, -0.2) is 0 Å². The summed E-state index contributed by atoms with van der Waals surface area (Å²) < 4.78 is 0. The summed E-state index contributed by atoms with van der Waals surface area (Å²) >= 11 is 0. The number of rotatable bonds is 7. The molecule has 0 amide bonds. The lowest BCUT2D eigenvalue weighted by Gasteiger charge is -2.34. The largest absolute Gasteiger partial charge is 0.310 e. The van der Waals surface area contributed by atoms with Gasteiger partial charge in [0.25, 0.3) is 0 Å². The molecule has 0 heterocycles. The molecule has 0 radical (unpaired) electrons. The van der Waals surface area contributed by atoms with E-state index in [1.165, 1.54) is 93.6 Å². The Morgan fingerprint density at radius 3 is 1.60 bits per heavy atom. The number of benzene rings is 9. The monoisotopic (exact) mass is 884 g/mol. The summed E-state index contributed by atoms with van der Waals surface area (Å²) in [5.74, 6) is 0.430. The lowest BCUT2D eigenvalue weighted by molar-refractivity contribution is 0.569. The van der Waals surface area contributed by atoms with Gasteiger partial charge in [0.1, 0.15) is 0 Å². The van der Waals surface area contributed by atoms with Crippen LogP contribution in [-0.2, 0) is 16.2 Å². The predicted octanol–water partition coefficient (Wildman–Crippen LogP) is 19.1. The maximum Gasteiger partial charge on any atom is 0.0540 e. The maximum atomic E-state index is 2.54. The summed E-state index contributed by atoms with van der Waals surface area (Å²) in [7, 11) is 0. The molecule has 68 heavy (non-hydrogen) atoms. The van der Waals surface area contributed by atoms with Crippen molar-refractivity contribution < 1.29 is 0 Å². The van der Waals surface area contributed by atoms with E-state index in [4.69, 9.17) is 0 Å². The van der Waals surface area contributed by atoms with Crippen molar-refractivity contribution in [3.63, 3.8) is 0 Å². The zero-order valence-corrected chi connectivity index (χ0v) is 41.7. The van der Waals surface area contributed by atoms with Gasteiger partial charge in [0.05, 0.1) is 11.4 Å². The average molecular weight is 884 g/mol. The van der Waals surface area contributed by atoms with Crippen LogP contribution in [0.15, 0.2) is 206 Å². The molecule has 0 saturated carbocycles. The van der Waals surface area contributed by atoms with Crippen molar-refractivity contribution in [3.05, 3.63) is 228 Å². The van der Waals surface area contributed by atoms with Gasteiger partial charge in [-0.15, -0.1) is 0 Å². The molecule has 1 aliphatic rings. The van der Waals surface area contributed by atoms with Crippen LogP contribution in [0.5, 0.6) is 0 Å². The normalized spacial score (nSPS) is 15.5. The number of allylic oxidation sites excluding steroid dienone is 3. The van der Waals surface area contributed by atoms with Crippen molar-refractivity contribution in [3.8, 4) is 33.4 Å². The minimum atomic E-state index is -0.00362. The smallest absolute Gasteiger partial charge is 0.0540 e. The molecule has 0 aromatic heterocycles. The fourth-order valence-electron chi connectivity index (χ4n) is 10.5. The lowest BCUT2D eigenvalue weighted by Crippen LogP contribution is -2.21.